The molecular formula is C76H38N12O20. The van der Waals surface area contributed by atoms with Crippen LogP contribution >= 0.6 is 0 Å². The van der Waals surface area contributed by atoms with Gasteiger partial charge in [-0.05, 0) is 146 Å². The van der Waals surface area contributed by atoms with E-state index in [0.717, 1.165) is 24.3 Å². The van der Waals surface area contributed by atoms with Crippen molar-refractivity contribution in [2.45, 2.75) is 0 Å². The third kappa shape index (κ3) is 11.1. The number of aromatic amines is 2. The number of benzene rings is 8. The van der Waals surface area contributed by atoms with Crippen molar-refractivity contribution in [1.82, 2.24) is 39.9 Å². The summed E-state index contributed by atoms with van der Waals surface area (Å²) < 4.78 is 21.7. The van der Waals surface area contributed by atoms with Crippen molar-refractivity contribution in [2.24, 2.45) is 20.0 Å². The number of aromatic nitrogens is 8. The molecule has 0 fully saturated rings. The maximum Gasteiger partial charge on any atom is 0.351 e. The fourth-order valence-electron chi connectivity index (χ4n) is 12.5. The number of aromatic hydroxyl groups is 4. The van der Waals surface area contributed by atoms with Crippen molar-refractivity contribution in [1.29, 1.82) is 0 Å². The van der Waals surface area contributed by atoms with Crippen LogP contribution in [-0.2, 0) is 0 Å². The maximum atomic E-state index is 12.8. The zero-order valence-corrected chi connectivity index (χ0v) is 54.1. The molecule has 522 valence electrons. The third-order valence-electron chi connectivity index (χ3n) is 17.7. The maximum absolute atomic E-state index is 12.8. The normalized spacial score (nSPS) is 12.1. The summed E-state index contributed by atoms with van der Waals surface area (Å²) in [7, 11) is 0. The topological polar surface area (TPSA) is 509 Å². The molecule has 0 amide bonds. The largest absolute Gasteiger partial charge is 0.507 e. The third-order valence-corrected chi connectivity index (χ3v) is 17.7. The number of phenolic OH excluding ortho intramolecular Hbond substituents is 4. The number of phenols is 4. The lowest BCUT2D eigenvalue weighted by atomic mass is 10.1. The lowest BCUT2D eigenvalue weighted by Crippen LogP contribution is -2.13. The summed E-state index contributed by atoms with van der Waals surface area (Å²) in [4.78, 5) is 155. The van der Waals surface area contributed by atoms with Crippen LogP contribution in [0.3, 0.4) is 0 Å². The molecular weight excluding hydrogens is 1400 g/mol. The number of hydrogen-bond donors (Lipinski definition) is 10. The van der Waals surface area contributed by atoms with Gasteiger partial charge in [0.05, 0.1) is 45.0 Å². The van der Waals surface area contributed by atoms with E-state index >= 15 is 0 Å². The number of carboxylic acids is 4. The number of fused-ring (bicyclic) bond motifs is 24. The van der Waals surface area contributed by atoms with Crippen molar-refractivity contribution in [3.05, 3.63) is 232 Å². The summed E-state index contributed by atoms with van der Waals surface area (Å²) in [6, 6.07) is 34.6. The molecule has 8 aromatic carbocycles. The number of rotatable bonds is 12. The van der Waals surface area contributed by atoms with Gasteiger partial charge in [0, 0.05) is 90.2 Å². The number of nitrogens with one attached hydrogen (secondary N) is 2. The fraction of sp³-hybridized carbons (Fsp3) is 0. The molecule has 0 aliphatic carbocycles. The molecule has 32 heteroatoms. The van der Waals surface area contributed by atoms with Crippen molar-refractivity contribution < 1.29 is 77.7 Å². The highest BCUT2D eigenvalue weighted by molar-refractivity contribution is 6.11. The number of H-pyrrole nitrogens is 2. The van der Waals surface area contributed by atoms with Crippen molar-refractivity contribution in [3.63, 3.8) is 0 Å². The highest BCUT2D eigenvalue weighted by Crippen LogP contribution is 2.42. The molecule has 17 rings (SSSR count). The van der Waals surface area contributed by atoms with Gasteiger partial charge >= 0.3 is 46.4 Å². The zero-order chi connectivity index (χ0) is 74.8. The minimum Gasteiger partial charge on any atom is -0.507 e. The van der Waals surface area contributed by atoms with E-state index in [0.29, 0.717) is 43.8 Å². The highest BCUT2D eigenvalue weighted by atomic mass is 16.4. The molecule has 0 saturated heterocycles. The zero-order valence-electron chi connectivity index (χ0n) is 54.1. The van der Waals surface area contributed by atoms with Crippen LogP contribution in [0.2, 0.25) is 0 Å². The number of aliphatic imine (C=N–C) groups is 4. The standard InChI is InChI=1S/C76H38N12O20/c89-53-13-1-29-17-45(69(93)94)73(101)105-57(29)49(53)25-77-33-5-9-37-41(21-33)65-81-61(37)86-66-43-23-35(79-27-51-55(91)15-3-31-19-47(71(97)98)75(103)107-59(31)51)7-11-39(43)63(83-66)88-68-44-24-36(80-28-52-56(92)16-4-32-20-48(72(99)100)76(104)108-60(32)52)8-12-40(44)64(84-68)87-67-42-22-34(6-10-38(42)62(82-67)85-65)78-26-50-54(90)14-2-30-18-46(70(95)96)74(102)106-58(30)50/h1-28,89-92H,(H,93,94)(H,95,96)(H,97,98)(H,99,100)(H2,81,82,83,84,85,86,87,88). The summed E-state index contributed by atoms with van der Waals surface area (Å²) >= 11 is 0. The molecule has 2 aliphatic rings. The van der Waals surface area contributed by atoms with Gasteiger partial charge in [0.2, 0.25) is 0 Å². The summed E-state index contributed by atoms with van der Waals surface area (Å²) in [6.45, 7) is 0. The second kappa shape index (κ2) is 24.8. The molecule has 0 saturated carbocycles. The molecule has 9 heterocycles. The Kier molecular flexibility index (Phi) is 14.9. The highest BCUT2D eigenvalue weighted by Gasteiger charge is 2.27. The van der Waals surface area contributed by atoms with Crippen LogP contribution in [0.1, 0.15) is 63.7 Å². The number of aromatic carboxylic acids is 4. The Bertz CT molecular complexity index is 6840. The van der Waals surface area contributed by atoms with E-state index in [9.17, 15) is 79.2 Å². The molecule has 0 unspecified atom stereocenters. The van der Waals surface area contributed by atoms with Crippen molar-refractivity contribution >= 4 is 159 Å². The number of carbonyl (C=O) groups is 4. The number of hydrogen-bond acceptors (Lipinski definition) is 26. The van der Waals surface area contributed by atoms with E-state index in [4.69, 9.17) is 47.6 Å². The molecule has 108 heavy (non-hydrogen) atoms. The van der Waals surface area contributed by atoms with Gasteiger partial charge in [-0.25, -0.2) is 68.3 Å². The Morgan fingerprint density at radius 3 is 0.852 bits per heavy atom. The molecule has 0 spiro atoms. The first-order chi connectivity index (χ1) is 52.0. The average molecular weight is 1440 g/mol. The minimum atomic E-state index is -1.52. The van der Waals surface area contributed by atoms with Gasteiger partial charge < -0.3 is 68.5 Å². The van der Waals surface area contributed by atoms with Gasteiger partial charge in [0.25, 0.3) is 0 Å². The number of carboxylic acid groups (broad SMARTS) is 4. The Balaban J connectivity index is 0.889. The molecule has 7 aromatic heterocycles. The summed E-state index contributed by atoms with van der Waals surface area (Å²) in [5.74, 6) is -7.30. The van der Waals surface area contributed by atoms with E-state index < -0.39 is 68.6 Å². The lowest BCUT2D eigenvalue weighted by molar-refractivity contribution is 0.0681. The van der Waals surface area contributed by atoms with Crippen molar-refractivity contribution in [2.75, 3.05) is 0 Å². The molecule has 10 N–H and O–H groups in total. The summed E-state index contributed by atoms with van der Waals surface area (Å²) in [5.41, 5.74) is -5.07. The Morgan fingerprint density at radius 2 is 0.565 bits per heavy atom. The average Bonchev–Trinajstić information content (AvgIpc) is 1.55. The van der Waals surface area contributed by atoms with E-state index in [1.165, 1.54) is 73.4 Å². The molecule has 15 aromatic rings. The lowest BCUT2D eigenvalue weighted by Gasteiger charge is -2.05. The van der Waals surface area contributed by atoms with E-state index in [1.54, 1.807) is 72.8 Å². The first-order valence-corrected chi connectivity index (χ1v) is 31.7. The quantitative estimate of drug-likeness (QED) is 0.0401. The van der Waals surface area contributed by atoms with Gasteiger partial charge in [-0.3, -0.25) is 20.0 Å². The van der Waals surface area contributed by atoms with E-state index in [1.807, 2.05) is 0 Å². The molecule has 32 nitrogen and oxygen atoms in total. The van der Waals surface area contributed by atoms with Crippen LogP contribution < -0.4 is 22.5 Å². The first-order valence-electron chi connectivity index (χ1n) is 31.7. The number of nitrogens with zero attached hydrogens (tertiary/aromatic N) is 10. The monoisotopic (exact) mass is 1440 g/mol. The van der Waals surface area contributed by atoms with Crippen molar-refractivity contribution in [3.8, 4) is 68.5 Å². The summed E-state index contributed by atoms with van der Waals surface area (Å²) in [5, 5.41) is 85.3. The van der Waals surface area contributed by atoms with Crippen LogP contribution in [0.15, 0.2) is 202 Å². The van der Waals surface area contributed by atoms with Gasteiger partial charge in [-0.2, -0.15) is 0 Å². The smallest absolute Gasteiger partial charge is 0.351 e. The van der Waals surface area contributed by atoms with Crippen LogP contribution in [0.4, 0.5) is 22.7 Å². The predicted molar refractivity (Wildman–Crippen MR) is 390 cm³/mol. The molecule has 0 radical (unpaired) electrons. The van der Waals surface area contributed by atoms with Crippen LogP contribution in [-0.4, -0.2) is 129 Å². The summed E-state index contributed by atoms with van der Waals surface area (Å²) in [6.07, 6.45) is 4.91. The van der Waals surface area contributed by atoms with Crippen LogP contribution in [0.5, 0.6) is 23.0 Å². The van der Waals surface area contributed by atoms with E-state index in [-0.39, 0.29) is 158 Å². The predicted octanol–water partition coefficient (Wildman–Crippen LogP) is 11.9. The minimum absolute atomic E-state index is 0.0446. The second-order valence-corrected chi connectivity index (χ2v) is 24.2. The molecule has 8 bridgehead atoms. The Labute approximate surface area is 594 Å². The Morgan fingerprint density at radius 1 is 0.306 bits per heavy atom. The molecule has 2 aliphatic heterocycles. The van der Waals surface area contributed by atoms with Gasteiger partial charge in [0.1, 0.15) is 67.8 Å². The van der Waals surface area contributed by atoms with Gasteiger partial charge in [-0.1, -0.05) is 0 Å². The van der Waals surface area contributed by atoms with Crippen LogP contribution in [0, 0.1) is 0 Å². The second-order valence-electron chi connectivity index (χ2n) is 24.2. The Hall–Kier alpha value is -16.3. The fourth-order valence-corrected chi connectivity index (χ4v) is 12.5. The van der Waals surface area contributed by atoms with Gasteiger partial charge in [0.15, 0.2) is 45.6 Å². The van der Waals surface area contributed by atoms with Gasteiger partial charge in [-0.15, -0.1) is 0 Å². The molecule has 0 atom stereocenters. The SMILES string of the molecule is O=C(O)c1cc2ccc(O)c(C=Nc3ccc4c(c3)-c3nc-4nc4[nH]c(nc5nc(nc6[nH]c(n3)c3ccc(N=Cc7c(O)ccc8cc(C(=O)O)c(=O)oc78)cc63)-c3ccc(N=Cc6c(O)ccc7cc(C(=O)O)c(=O)oc67)cc3-5)c3ccc(N=Cc5c(O)ccc6cc(C(=O)O)c(=O)oc56)cc43)c2oc1=O. The van der Waals surface area contributed by atoms with Crippen LogP contribution in [0.25, 0.3) is 134 Å². The van der Waals surface area contributed by atoms with E-state index in [2.05, 4.69) is 29.9 Å². The first kappa shape index (κ1) is 65.1.